The third-order valence-corrected chi connectivity index (χ3v) is 4.01. The summed E-state index contributed by atoms with van der Waals surface area (Å²) in [6.07, 6.45) is 0. The predicted octanol–water partition coefficient (Wildman–Crippen LogP) is 3.81. The fourth-order valence-corrected chi connectivity index (χ4v) is 2.61. The first-order valence-electron chi connectivity index (χ1n) is 6.84. The molecule has 8 heteroatoms. The first kappa shape index (κ1) is 15.8. The van der Waals surface area contributed by atoms with Crippen molar-refractivity contribution in [1.82, 2.24) is 20.6 Å². The van der Waals surface area contributed by atoms with Crippen molar-refractivity contribution < 1.29 is 4.74 Å². The lowest BCUT2D eigenvalue weighted by atomic mass is 10.2. The summed E-state index contributed by atoms with van der Waals surface area (Å²) in [5.74, 6) is 1.20. The van der Waals surface area contributed by atoms with Crippen LogP contribution in [0.4, 0.5) is 5.95 Å². The molecule has 23 heavy (non-hydrogen) atoms. The van der Waals surface area contributed by atoms with Crippen LogP contribution in [0.15, 0.2) is 46.9 Å². The van der Waals surface area contributed by atoms with E-state index in [9.17, 15) is 0 Å². The Labute approximate surface area is 146 Å². The number of aromatic nitrogens is 4. The molecule has 3 rings (SSSR count). The third kappa shape index (κ3) is 4.20. The average molecular weight is 395 g/mol. The largest absolute Gasteiger partial charge is 0.488 e. The van der Waals surface area contributed by atoms with Crippen LogP contribution < -0.4 is 10.1 Å². The molecule has 0 aliphatic heterocycles. The second-order valence-corrected chi connectivity index (χ2v) is 6.04. The summed E-state index contributed by atoms with van der Waals surface area (Å²) in [5.41, 5.74) is 1.91. The molecule has 0 saturated heterocycles. The van der Waals surface area contributed by atoms with Crippen molar-refractivity contribution in [2.75, 3.05) is 5.32 Å². The number of nitrogens with one attached hydrogen (secondary N) is 2. The standard InChI is InChI=1S/C15H13BrClN5O/c16-12-5-6-14(23-9-10-3-1-2-4-13(10)17)11(7-12)8-18-15-19-21-22-20-15/h1-7H,8-9H2,(H2,18,19,20,21,22). The molecule has 0 unspecified atom stereocenters. The number of benzene rings is 2. The molecule has 6 nitrogen and oxygen atoms in total. The van der Waals surface area contributed by atoms with Gasteiger partial charge in [-0.1, -0.05) is 50.8 Å². The summed E-state index contributed by atoms with van der Waals surface area (Å²) in [5, 5.41) is 17.4. The maximum absolute atomic E-state index is 6.16. The SMILES string of the molecule is Clc1ccccc1COc1ccc(Br)cc1CNc1nn[nH]n1. The maximum atomic E-state index is 6.16. The summed E-state index contributed by atoms with van der Waals surface area (Å²) in [4.78, 5) is 0. The number of halogens is 2. The number of tetrazole rings is 1. The molecule has 0 aliphatic rings. The van der Waals surface area contributed by atoms with Gasteiger partial charge in [-0.15, -0.1) is 5.10 Å². The first-order valence-corrected chi connectivity index (χ1v) is 8.01. The molecule has 0 fully saturated rings. The van der Waals surface area contributed by atoms with Crippen LogP contribution >= 0.6 is 27.5 Å². The molecular weight excluding hydrogens is 382 g/mol. The van der Waals surface area contributed by atoms with E-state index in [1.165, 1.54) is 0 Å². The lowest BCUT2D eigenvalue weighted by Gasteiger charge is -2.13. The summed E-state index contributed by atoms with van der Waals surface area (Å²) in [6.45, 7) is 0.910. The minimum Gasteiger partial charge on any atom is -0.488 e. The Bertz CT molecular complexity index is 781. The van der Waals surface area contributed by atoms with Crippen molar-refractivity contribution in [2.45, 2.75) is 13.2 Å². The fraction of sp³-hybridized carbons (Fsp3) is 0.133. The minimum atomic E-state index is 0.399. The van der Waals surface area contributed by atoms with Gasteiger partial charge in [-0.2, -0.15) is 5.21 Å². The summed E-state index contributed by atoms with van der Waals surface area (Å²) >= 11 is 9.63. The number of aromatic amines is 1. The van der Waals surface area contributed by atoms with E-state index in [4.69, 9.17) is 16.3 Å². The molecule has 0 saturated carbocycles. The molecular formula is C15H13BrClN5O. The number of ether oxygens (including phenoxy) is 1. The van der Waals surface area contributed by atoms with Crippen molar-refractivity contribution >= 4 is 33.5 Å². The number of hydrogen-bond donors (Lipinski definition) is 2. The Morgan fingerprint density at radius 2 is 2.04 bits per heavy atom. The molecule has 0 aliphatic carbocycles. The number of anilines is 1. The van der Waals surface area contributed by atoms with Crippen molar-refractivity contribution in [3.63, 3.8) is 0 Å². The number of hydrogen-bond acceptors (Lipinski definition) is 5. The second kappa shape index (κ2) is 7.43. The molecule has 2 aromatic carbocycles. The van der Waals surface area contributed by atoms with Crippen LogP contribution in [0.3, 0.4) is 0 Å². The molecule has 1 heterocycles. The van der Waals surface area contributed by atoms with Crippen LogP contribution in [0.2, 0.25) is 5.02 Å². The van der Waals surface area contributed by atoms with Crippen molar-refractivity contribution in [1.29, 1.82) is 0 Å². The summed E-state index contributed by atoms with van der Waals surface area (Å²) in [6, 6.07) is 13.4. The Hall–Kier alpha value is -2.12. The zero-order valence-corrected chi connectivity index (χ0v) is 14.3. The van der Waals surface area contributed by atoms with Gasteiger partial charge in [0, 0.05) is 27.2 Å². The molecule has 2 N–H and O–H groups in total. The van der Waals surface area contributed by atoms with Gasteiger partial charge in [-0.25, -0.2) is 0 Å². The zero-order chi connectivity index (χ0) is 16.1. The van der Waals surface area contributed by atoms with E-state index in [0.29, 0.717) is 24.1 Å². The molecule has 3 aromatic rings. The van der Waals surface area contributed by atoms with Gasteiger partial charge in [0.2, 0.25) is 0 Å². The maximum Gasteiger partial charge on any atom is 0.263 e. The van der Waals surface area contributed by atoms with Crippen molar-refractivity contribution in [2.24, 2.45) is 0 Å². The van der Waals surface area contributed by atoms with Gasteiger partial charge in [0.1, 0.15) is 12.4 Å². The van der Waals surface area contributed by atoms with E-state index in [1.54, 1.807) is 0 Å². The lowest BCUT2D eigenvalue weighted by Crippen LogP contribution is -2.05. The predicted molar refractivity (Wildman–Crippen MR) is 91.4 cm³/mol. The van der Waals surface area contributed by atoms with Gasteiger partial charge in [-0.3, -0.25) is 0 Å². The topological polar surface area (TPSA) is 75.7 Å². The highest BCUT2D eigenvalue weighted by Crippen LogP contribution is 2.26. The van der Waals surface area contributed by atoms with Crippen molar-refractivity contribution in [3.05, 3.63) is 63.1 Å². The van der Waals surface area contributed by atoms with E-state index in [2.05, 4.69) is 41.9 Å². The lowest BCUT2D eigenvalue weighted by molar-refractivity contribution is 0.303. The van der Waals surface area contributed by atoms with Crippen LogP contribution in [0.5, 0.6) is 5.75 Å². The van der Waals surface area contributed by atoms with Crippen LogP contribution in [-0.4, -0.2) is 20.6 Å². The van der Waals surface area contributed by atoms with Gasteiger partial charge < -0.3 is 10.1 Å². The quantitative estimate of drug-likeness (QED) is 0.665. The molecule has 0 spiro atoms. The summed E-state index contributed by atoms with van der Waals surface area (Å²) in [7, 11) is 0. The van der Waals surface area contributed by atoms with E-state index in [0.717, 1.165) is 21.3 Å². The molecule has 0 atom stereocenters. The van der Waals surface area contributed by atoms with Crippen LogP contribution in [0.1, 0.15) is 11.1 Å². The monoisotopic (exact) mass is 393 g/mol. The minimum absolute atomic E-state index is 0.399. The number of H-pyrrole nitrogens is 1. The van der Waals surface area contributed by atoms with Crippen LogP contribution in [-0.2, 0) is 13.2 Å². The molecule has 0 amide bonds. The van der Waals surface area contributed by atoms with Gasteiger partial charge in [0.15, 0.2) is 0 Å². The molecule has 1 aromatic heterocycles. The van der Waals surface area contributed by atoms with E-state index < -0.39 is 0 Å². The smallest absolute Gasteiger partial charge is 0.263 e. The van der Waals surface area contributed by atoms with Crippen molar-refractivity contribution in [3.8, 4) is 5.75 Å². The van der Waals surface area contributed by atoms with E-state index in [1.807, 2.05) is 42.5 Å². The summed E-state index contributed by atoms with van der Waals surface area (Å²) < 4.78 is 6.88. The molecule has 0 radical (unpaired) electrons. The molecule has 118 valence electrons. The zero-order valence-electron chi connectivity index (χ0n) is 12.0. The Balaban J connectivity index is 1.72. The fourth-order valence-electron chi connectivity index (χ4n) is 2.01. The first-order chi connectivity index (χ1) is 11.2. The van der Waals surface area contributed by atoms with Gasteiger partial charge in [0.25, 0.3) is 5.95 Å². The highest BCUT2D eigenvalue weighted by Gasteiger charge is 2.08. The average Bonchev–Trinajstić information content (AvgIpc) is 3.07. The highest BCUT2D eigenvalue weighted by molar-refractivity contribution is 9.10. The Kier molecular flexibility index (Phi) is 5.09. The van der Waals surface area contributed by atoms with E-state index in [-0.39, 0.29) is 0 Å². The second-order valence-electron chi connectivity index (χ2n) is 4.72. The Morgan fingerprint density at radius 3 is 2.83 bits per heavy atom. The Morgan fingerprint density at radius 1 is 1.17 bits per heavy atom. The van der Waals surface area contributed by atoms with Gasteiger partial charge in [0.05, 0.1) is 0 Å². The molecule has 0 bridgehead atoms. The van der Waals surface area contributed by atoms with Crippen LogP contribution in [0, 0.1) is 0 Å². The van der Waals surface area contributed by atoms with Gasteiger partial charge in [-0.05, 0) is 29.5 Å². The number of nitrogens with zero attached hydrogens (tertiary/aromatic N) is 3. The van der Waals surface area contributed by atoms with Crippen LogP contribution in [0.25, 0.3) is 0 Å². The highest BCUT2D eigenvalue weighted by atomic mass is 79.9. The van der Waals surface area contributed by atoms with Gasteiger partial charge >= 0.3 is 0 Å². The normalized spacial score (nSPS) is 10.5. The third-order valence-electron chi connectivity index (χ3n) is 3.15. The van der Waals surface area contributed by atoms with E-state index >= 15 is 0 Å². The number of rotatable bonds is 6.